The molecule has 0 N–H and O–H groups in total. The van der Waals surface area contributed by atoms with Crippen molar-refractivity contribution in [2.24, 2.45) is 0 Å². The molecule has 18 rings (SSSR count). The van der Waals surface area contributed by atoms with Crippen LogP contribution in [0.2, 0.25) is 0 Å². The van der Waals surface area contributed by atoms with Crippen LogP contribution in [0.4, 0.5) is 0 Å². The maximum absolute atomic E-state index is 6.30. The van der Waals surface area contributed by atoms with Crippen LogP contribution >= 0.6 is 0 Å². The molecule has 0 saturated heterocycles. The van der Waals surface area contributed by atoms with E-state index in [9.17, 15) is 0 Å². The molecule has 0 spiro atoms. The van der Waals surface area contributed by atoms with Gasteiger partial charge in [0.05, 0.1) is 46.9 Å². The summed E-state index contributed by atoms with van der Waals surface area (Å²) < 4.78 is 24.1. The third kappa shape index (κ3) is 11.0. The van der Waals surface area contributed by atoms with Crippen molar-refractivity contribution in [1.29, 1.82) is 0 Å². The molecule has 8 heterocycles. The Morgan fingerprint density at radius 1 is 0.287 bits per heavy atom. The van der Waals surface area contributed by atoms with Gasteiger partial charge < -0.3 is 9.47 Å². The van der Waals surface area contributed by atoms with E-state index in [0.29, 0.717) is 23.0 Å². The molecule has 0 unspecified atom stereocenters. The van der Waals surface area contributed by atoms with Crippen LogP contribution < -0.4 is 9.47 Å². The Balaban J connectivity index is 0.000000186. The van der Waals surface area contributed by atoms with E-state index in [-0.39, 0.29) is 42.1 Å². The smallest absolute Gasteiger partial charge is 0.509 e. The Kier molecular flexibility index (Phi) is 15.8. The van der Waals surface area contributed by atoms with Crippen LogP contribution in [0.5, 0.6) is 23.0 Å². The number of para-hydroxylation sites is 4. The van der Waals surface area contributed by atoms with Crippen molar-refractivity contribution < 1.29 is 51.6 Å². The summed E-state index contributed by atoms with van der Waals surface area (Å²) in [7, 11) is 0. The average molecular weight is 1580 g/mol. The van der Waals surface area contributed by atoms with Gasteiger partial charge in [-0.2, -0.15) is 44.7 Å². The molecular weight excluding hydrogens is 1530 g/mol. The summed E-state index contributed by atoms with van der Waals surface area (Å²) in [5.74, 6) is 2.28. The first-order chi connectivity index (χ1) is 45.6. The van der Waals surface area contributed by atoms with Gasteiger partial charge in [0.1, 0.15) is 11.3 Å². The summed E-state index contributed by atoms with van der Waals surface area (Å²) in [4.78, 5) is 9.45. The molecule has 94 heavy (non-hydrogen) atoms. The average Bonchev–Trinajstić information content (AvgIpc) is 1.61. The Morgan fingerprint density at radius 3 is 1.07 bits per heavy atom. The molecule has 10 aromatic carbocycles. The number of ether oxygens (including phenoxy) is 2. The number of aromatic nitrogens is 12. The van der Waals surface area contributed by atoms with E-state index in [0.717, 1.165) is 111 Å². The van der Waals surface area contributed by atoms with Gasteiger partial charge in [0.2, 0.25) is 0 Å². The molecule has 0 bridgehead atoms. The molecule has 0 atom stereocenters. The zero-order chi connectivity index (χ0) is 60.9. The first-order valence-electron chi connectivity index (χ1n) is 29.9. The van der Waals surface area contributed by atoms with Crippen LogP contribution in [0, 0.1) is 24.3 Å². The molecule has 14 nitrogen and oxygen atoms in total. The van der Waals surface area contributed by atoms with Gasteiger partial charge in [0, 0.05) is 103 Å². The van der Waals surface area contributed by atoms with Gasteiger partial charge in [-0.25, -0.2) is 9.97 Å². The maximum atomic E-state index is 6.30. The molecule has 452 valence electrons. The number of hydrogen-bond donors (Lipinski definition) is 0. The molecule has 0 aliphatic rings. The van der Waals surface area contributed by atoms with Gasteiger partial charge in [-0.3, -0.25) is 27.9 Å². The molecule has 16 heteroatoms. The molecule has 0 amide bonds. The van der Waals surface area contributed by atoms with Gasteiger partial charge in [-0.15, -0.1) is 72.8 Å². The molecule has 0 aliphatic carbocycles. The van der Waals surface area contributed by atoms with Crippen LogP contribution in [0.25, 0.3) is 122 Å². The SMILES string of the molecule is [Pt+2].[Pt+2].[c-]1c(Oc2[c-]c(-n3cc(-c4ccc(-n5c6ccccc6c6cccnc65)cc4)cn3)ccc2)cccc1-n1cc(-c2ccc(-n3c4ccccc4c4cccnc43)cc2)cn1.[c-]1c(Oc2[c-]c(-n3ncc4ccccc43)ccc2)cccc1-n1ncc2ccccc21. The van der Waals surface area contributed by atoms with Crippen LogP contribution in [0.15, 0.2) is 292 Å². The number of nitrogens with zero attached hydrogens (tertiary/aromatic N) is 12. The quantitative estimate of drug-likeness (QED) is 0.111. The topological polar surface area (TPSA) is 125 Å². The van der Waals surface area contributed by atoms with Crippen molar-refractivity contribution in [2.75, 3.05) is 0 Å². The Bertz CT molecular complexity index is 5310. The van der Waals surface area contributed by atoms with E-state index >= 15 is 0 Å². The van der Waals surface area contributed by atoms with Gasteiger partial charge in [-0.05, 0) is 107 Å². The zero-order valence-electron chi connectivity index (χ0n) is 49.5. The van der Waals surface area contributed by atoms with Crippen molar-refractivity contribution in [2.45, 2.75) is 0 Å². The largest absolute Gasteiger partial charge is 2.00 e. The predicted octanol–water partition coefficient (Wildman–Crippen LogP) is 17.5. The molecule has 8 aromatic heterocycles. The summed E-state index contributed by atoms with van der Waals surface area (Å²) in [6.07, 6.45) is 15.1. The van der Waals surface area contributed by atoms with Crippen molar-refractivity contribution in [3.8, 4) is 79.4 Å². The van der Waals surface area contributed by atoms with Crippen molar-refractivity contribution >= 4 is 65.7 Å². The first kappa shape index (κ1) is 58.8. The van der Waals surface area contributed by atoms with Gasteiger partial charge >= 0.3 is 42.1 Å². The van der Waals surface area contributed by atoms with Crippen molar-refractivity contribution in [3.05, 3.63) is 316 Å². The third-order valence-corrected chi connectivity index (χ3v) is 16.3. The molecule has 0 saturated carbocycles. The summed E-state index contributed by atoms with van der Waals surface area (Å²) in [6, 6.07) is 94.7. The van der Waals surface area contributed by atoms with E-state index < -0.39 is 0 Å². The number of rotatable bonds is 12. The second kappa shape index (κ2) is 25.3. The van der Waals surface area contributed by atoms with Gasteiger partial charge in [0.15, 0.2) is 0 Å². The van der Waals surface area contributed by atoms with E-state index in [1.807, 2.05) is 202 Å². The first-order valence-corrected chi connectivity index (χ1v) is 29.9. The molecule has 0 aliphatic heterocycles. The van der Waals surface area contributed by atoms with Crippen LogP contribution in [-0.2, 0) is 42.1 Å². The number of pyridine rings is 2. The summed E-state index contributed by atoms with van der Waals surface area (Å²) >= 11 is 0. The summed E-state index contributed by atoms with van der Waals surface area (Å²) in [6.45, 7) is 0. The maximum Gasteiger partial charge on any atom is 2.00 e. The van der Waals surface area contributed by atoms with Crippen LogP contribution in [0.3, 0.4) is 0 Å². The van der Waals surface area contributed by atoms with Crippen molar-refractivity contribution in [1.82, 2.24) is 58.2 Å². The molecule has 0 radical (unpaired) electrons. The number of benzene rings is 10. The van der Waals surface area contributed by atoms with E-state index in [1.54, 1.807) is 0 Å². The van der Waals surface area contributed by atoms with Gasteiger partial charge in [0.25, 0.3) is 0 Å². The minimum atomic E-state index is 0. The normalized spacial score (nSPS) is 11.2. The van der Waals surface area contributed by atoms with Crippen molar-refractivity contribution in [3.63, 3.8) is 0 Å². The number of hydrogen-bond acceptors (Lipinski definition) is 8. The predicted molar refractivity (Wildman–Crippen MR) is 360 cm³/mol. The van der Waals surface area contributed by atoms with Crippen LogP contribution in [0.1, 0.15) is 0 Å². The fraction of sp³-hybridized carbons (Fsp3) is 0. The summed E-state index contributed by atoms with van der Waals surface area (Å²) in [5, 5.41) is 25.2. The Hall–Kier alpha value is -11.6. The number of fused-ring (bicyclic) bond motifs is 8. The molecule has 0 fully saturated rings. The Labute approximate surface area is 567 Å². The molecule has 18 aromatic rings. The van der Waals surface area contributed by atoms with E-state index in [2.05, 4.69) is 163 Å². The fourth-order valence-electron chi connectivity index (χ4n) is 12.0. The van der Waals surface area contributed by atoms with Gasteiger partial charge in [-0.1, -0.05) is 97.1 Å². The minimum absolute atomic E-state index is 0. The standard InChI is InChI=1S/C52H32N8O.C26H16N4O.2Pt/c1-3-17-49-45(13-1)47-15-7-27-53-51(47)59(49)39-23-19-35(20-24-39)37-31-55-57(33-37)41-9-5-11-43(29-41)61-44-12-6-10-42(30-44)58-34-38(32-56-58)36-21-25-40(26-22-36)60-50-18-4-2-14-46(50)48-16-8-28-54-52(48)60;1-3-13-25-19(7-1)17-27-29(25)21-9-5-11-23(15-21)31-24-12-6-10-22(16-24)30-26-14-4-2-8-20(26)18-28-30;;/h1-28,31-34H;1-14,17-18H;;/q2*-2;2*+2. The van der Waals surface area contributed by atoms with E-state index in [1.165, 1.54) is 10.8 Å². The zero-order valence-corrected chi connectivity index (χ0v) is 54.1. The Morgan fingerprint density at radius 2 is 0.649 bits per heavy atom. The second-order valence-electron chi connectivity index (χ2n) is 21.9. The fourth-order valence-corrected chi connectivity index (χ4v) is 12.0. The monoisotopic (exact) mass is 1570 g/mol. The third-order valence-electron chi connectivity index (χ3n) is 16.3. The van der Waals surface area contributed by atoms with Crippen LogP contribution in [-0.4, -0.2) is 58.2 Å². The minimum Gasteiger partial charge on any atom is -0.509 e. The second-order valence-corrected chi connectivity index (χ2v) is 21.9. The summed E-state index contributed by atoms with van der Waals surface area (Å²) in [5.41, 5.74) is 15.5. The van der Waals surface area contributed by atoms with E-state index in [4.69, 9.17) is 19.4 Å². The molecular formula is C78H48N12O2Pt2.